The van der Waals surface area contributed by atoms with E-state index in [1.807, 2.05) is 30.8 Å². The van der Waals surface area contributed by atoms with E-state index in [1.54, 1.807) is 6.07 Å². The summed E-state index contributed by atoms with van der Waals surface area (Å²) in [5.41, 5.74) is 5.36. The first-order valence-electron chi connectivity index (χ1n) is 9.86. The van der Waals surface area contributed by atoms with Gasteiger partial charge in [-0.2, -0.15) is 5.10 Å². The first kappa shape index (κ1) is 18.6. The van der Waals surface area contributed by atoms with E-state index in [4.69, 9.17) is 4.98 Å². The Morgan fingerprint density at radius 3 is 2.57 bits per heavy atom. The van der Waals surface area contributed by atoms with E-state index in [2.05, 4.69) is 40.4 Å². The molecule has 0 bridgehead atoms. The summed E-state index contributed by atoms with van der Waals surface area (Å²) in [6.45, 7) is 3.75. The van der Waals surface area contributed by atoms with Crippen molar-refractivity contribution in [3.63, 3.8) is 0 Å². The predicted octanol–water partition coefficient (Wildman–Crippen LogP) is 3.38. The van der Waals surface area contributed by atoms with Gasteiger partial charge in [-0.1, -0.05) is 30.7 Å². The summed E-state index contributed by atoms with van der Waals surface area (Å²) in [4.78, 5) is 21.9. The second-order valence-electron chi connectivity index (χ2n) is 7.93. The van der Waals surface area contributed by atoms with E-state index < -0.39 is 0 Å². The number of hydrogen-bond acceptors (Lipinski definition) is 4. The number of nitrogens with one attached hydrogen (secondary N) is 1. The number of hydrogen-bond donors (Lipinski definition) is 1. The maximum absolute atomic E-state index is 12.0. The van der Waals surface area contributed by atoms with Crippen LogP contribution in [0.5, 0.6) is 0 Å². The van der Waals surface area contributed by atoms with Crippen molar-refractivity contribution in [3.05, 3.63) is 69.4 Å². The Hall–Kier alpha value is -2.73. The highest BCUT2D eigenvalue weighted by Gasteiger charge is 2.22. The van der Waals surface area contributed by atoms with Gasteiger partial charge in [0.1, 0.15) is 5.82 Å². The zero-order valence-corrected chi connectivity index (χ0v) is 16.8. The minimum Gasteiger partial charge on any atom is -0.307 e. The van der Waals surface area contributed by atoms with Crippen molar-refractivity contribution in [3.8, 4) is 11.4 Å². The van der Waals surface area contributed by atoms with Gasteiger partial charge in [-0.05, 0) is 32.4 Å². The smallest absolute Gasteiger partial charge is 0.251 e. The van der Waals surface area contributed by atoms with Gasteiger partial charge in [0.25, 0.3) is 5.56 Å². The summed E-state index contributed by atoms with van der Waals surface area (Å²) in [6.07, 6.45) is 5.58. The number of nitrogens with zero attached hydrogens (tertiary/aromatic N) is 4. The van der Waals surface area contributed by atoms with Crippen LogP contribution in [0.25, 0.3) is 11.4 Å². The van der Waals surface area contributed by atoms with Crippen molar-refractivity contribution in [1.29, 1.82) is 0 Å². The maximum Gasteiger partial charge on any atom is 0.251 e. The third-order valence-corrected chi connectivity index (χ3v) is 5.52. The van der Waals surface area contributed by atoms with E-state index in [-0.39, 0.29) is 5.56 Å². The molecule has 6 nitrogen and oxygen atoms in total. The Bertz CT molecular complexity index is 1010. The number of benzene rings is 1. The van der Waals surface area contributed by atoms with Crippen LogP contribution in [0, 0.1) is 6.92 Å². The van der Waals surface area contributed by atoms with Crippen molar-refractivity contribution < 1.29 is 0 Å². The molecule has 0 saturated heterocycles. The zero-order valence-electron chi connectivity index (χ0n) is 16.8. The highest BCUT2D eigenvalue weighted by atomic mass is 16.1. The molecule has 2 heterocycles. The Morgan fingerprint density at radius 1 is 1.21 bits per heavy atom. The van der Waals surface area contributed by atoms with E-state index in [0.717, 1.165) is 42.9 Å². The quantitative estimate of drug-likeness (QED) is 0.715. The van der Waals surface area contributed by atoms with Crippen LogP contribution in [0.3, 0.4) is 0 Å². The first-order chi connectivity index (χ1) is 13.5. The molecule has 6 heteroatoms. The summed E-state index contributed by atoms with van der Waals surface area (Å²) >= 11 is 0. The maximum atomic E-state index is 12.0. The third-order valence-electron chi connectivity index (χ3n) is 5.52. The molecule has 0 amide bonds. The largest absolute Gasteiger partial charge is 0.307 e. The molecule has 0 aliphatic heterocycles. The molecule has 1 aliphatic rings. The molecule has 3 aromatic rings. The van der Waals surface area contributed by atoms with Crippen LogP contribution >= 0.6 is 0 Å². The van der Waals surface area contributed by atoms with Crippen molar-refractivity contribution in [1.82, 2.24) is 24.6 Å². The van der Waals surface area contributed by atoms with E-state index >= 15 is 0 Å². The fraction of sp³-hybridized carbons (Fsp3) is 0.409. The first-order valence-corrected chi connectivity index (χ1v) is 9.86. The molecule has 2 aromatic heterocycles. The Morgan fingerprint density at radius 2 is 1.96 bits per heavy atom. The molecule has 0 spiro atoms. The number of H-pyrrole nitrogens is 1. The molecule has 1 saturated carbocycles. The fourth-order valence-electron chi connectivity index (χ4n) is 3.76. The SMILES string of the molecule is Cc1nn(C)cc1CN(C)Cc1ccc(-c2nc(C3CCC3)cc(=O)[nH]2)cc1. The van der Waals surface area contributed by atoms with E-state index in [0.29, 0.717) is 11.7 Å². The van der Waals surface area contributed by atoms with Crippen LogP contribution < -0.4 is 5.56 Å². The van der Waals surface area contributed by atoms with Crippen molar-refractivity contribution in [2.45, 2.75) is 45.2 Å². The normalized spacial score (nSPS) is 14.4. The molecule has 4 rings (SSSR count). The molecule has 1 fully saturated rings. The van der Waals surface area contributed by atoms with Crippen LogP contribution in [0.15, 0.2) is 41.3 Å². The van der Waals surface area contributed by atoms with Crippen LogP contribution in [0.4, 0.5) is 0 Å². The van der Waals surface area contributed by atoms with Gasteiger partial charge in [0.05, 0.1) is 11.4 Å². The lowest BCUT2D eigenvalue weighted by Gasteiger charge is -2.24. The minimum absolute atomic E-state index is 0.0671. The van der Waals surface area contributed by atoms with Gasteiger partial charge in [0, 0.05) is 49.4 Å². The number of aromatic nitrogens is 4. The molecule has 1 N–H and O–H groups in total. The van der Waals surface area contributed by atoms with Gasteiger partial charge < -0.3 is 4.98 Å². The number of aromatic amines is 1. The third kappa shape index (κ3) is 4.07. The molecule has 0 unspecified atom stereocenters. The molecule has 28 heavy (non-hydrogen) atoms. The topological polar surface area (TPSA) is 66.8 Å². The molecule has 1 aliphatic carbocycles. The lowest BCUT2D eigenvalue weighted by atomic mass is 9.83. The highest BCUT2D eigenvalue weighted by Crippen LogP contribution is 2.35. The van der Waals surface area contributed by atoms with Crippen LogP contribution in [-0.4, -0.2) is 31.7 Å². The van der Waals surface area contributed by atoms with Gasteiger partial charge >= 0.3 is 0 Å². The summed E-state index contributed by atoms with van der Waals surface area (Å²) in [5.74, 6) is 1.12. The van der Waals surface area contributed by atoms with Crippen LogP contribution in [0.2, 0.25) is 0 Å². The molecule has 146 valence electrons. The molecule has 0 atom stereocenters. The second-order valence-corrected chi connectivity index (χ2v) is 7.93. The number of rotatable bonds is 6. The average Bonchev–Trinajstić information content (AvgIpc) is 2.90. The Labute approximate surface area is 165 Å². The van der Waals surface area contributed by atoms with Gasteiger partial charge in [-0.25, -0.2) is 4.98 Å². The monoisotopic (exact) mass is 377 g/mol. The molecular weight excluding hydrogens is 350 g/mol. The standard InChI is InChI=1S/C22H27N5O/c1-15-19(14-27(3)25-15)13-26(2)12-16-7-9-18(10-8-16)22-23-20(11-21(28)24-22)17-5-4-6-17/h7-11,14,17H,4-6,12-13H2,1-3H3,(H,23,24,28). The van der Waals surface area contributed by atoms with E-state index in [1.165, 1.54) is 17.5 Å². The number of aryl methyl sites for hydroxylation is 2. The average molecular weight is 377 g/mol. The Balaban J connectivity index is 1.46. The predicted molar refractivity (Wildman–Crippen MR) is 110 cm³/mol. The Kier molecular flexibility index (Phi) is 5.13. The molecular formula is C22H27N5O. The molecule has 1 aromatic carbocycles. The van der Waals surface area contributed by atoms with Crippen molar-refractivity contribution in [2.24, 2.45) is 7.05 Å². The van der Waals surface area contributed by atoms with Crippen LogP contribution in [-0.2, 0) is 20.1 Å². The van der Waals surface area contributed by atoms with Gasteiger partial charge in [0.15, 0.2) is 0 Å². The minimum atomic E-state index is -0.0671. The van der Waals surface area contributed by atoms with Gasteiger partial charge in [0.2, 0.25) is 0 Å². The van der Waals surface area contributed by atoms with Crippen molar-refractivity contribution >= 4 is 0 Å². The summed E-state index contributed by atoms with van der Waals surface area (Å²) in [6, 6.07) is 9.95. The van der Waals surface area contributed by atoms with E-state index in [9.17, 15) is 4.79 Å². The fourth-order valence-corrected chi connectivity index (χ4v) is 3.76. The second kappa shape index (κ2) is 7.72. The van der Waals surface area contributed by atoms with Gasteiger partial charge in [-0.3, -0.25) is 14.4 Å². The van der Waals surface area contributed by atoms with Gasteiger partial charge in [-0.15, -0.1) is 0 Å². The summed E-state index contributed by atoms with van der Waals surface area (Å²) in [5, 5.41) is 4.41. The van der Waals surface area contributed by atoms with Crippen molar-refractivity contribution in [2.75, 3.05) is 7.05 Å². The lowest BCUT2D eigenvalue weighted by Crippen LogP contribution is -2.18. The summed E-state index contributed by atoms with van der Waals surface area (Å²) < 4.78 is 1.86. The summed E-state index contributed by atoms with van der Waals surface area (Å²) in [7, 11) is 4.06. The zero-order chi connectivity index (χ0) is 19.7. The van der Waals surface area contributed by atoms with Crippen LogP contribution in [0.1, 0.15) is 47.7 Å². The highest BCUT2D eigenvalue weighted by molar-refractivity contribution is 5.55. The molecule has 0 radical (unpaired) electrons. The lowest BCUT2D eigenvalue weighted by molar-refractivity contribution is 0.318.